The molecule has 3 N–H and O–H groups in total. The summed E-state index contributed by atoms with van der Waals surface area (Å²) < 4.78 is 13.2. The van der Waals surface area contributed by atoms with E-state index in [0.717, 1.165) is 0 Å². The Morgan fingerprint density at radius 3 is 2.63 bits per heavy atom. The average Bonchev–Trinajstić information content (AvgIpc) is 2.77. The number of nitrogens with two attached hydrogens (primary N) is 1. The van der Waals surface area contributed by atoms with Gasteiger partial charge in [0.1, 0.15) is 11.6 Å². The van der Waals surface area contributed by atoms with Gasteiger partial charge in [0.15, 0.2) is 0 Å². The molecule has 0 amide bonds. The van der Waals surface area contributed by atoms with Gasteiger partial charge in [0.05, 0.1) is 32.3 Å². The van der Waals surface area contributed by atoms with Gasteiger partial charge in [-0.3, -0.25) is 0 Å². The van der Waals surface area contributed by atoms with E-state index < -0.39 is 0 Å². The Morgan fingerprint density at radius 2 is 1.84 bits per heavy atom. The van der Waals surface area contributed by atoms with E-state index in [2.05, 4.69) is 9.97 Å². The largest absolute Gasteiger partial charge is 0.397 e. The molecular weight excluding hydrogens is 288 g/mol. The van der Waals surface area contributed by atoms with Crippen molar-refractivity contribution in [3.8, 4) is 11.4 Å². The van der Waals surface area contributed by atoms with Gasteiger partial charge in [0.25, 0.3) is 0 Å². The summed E-state index contributed by atoms with van der Waals surface area (Å²) in [6.07, 6.45) is 0. The van der Waals surface area contributed by atoms with Gasteiger partial charge in [-0.1, -0.05) is 23.2 Å². The molecule has 0 radical (unpaired) electrons. The van der Waals surface area contributed by atoms with Crippen molar-refractivity contribution in [2.45, 2.75) is 0 Å². The standard InChI is InChI=1S/C13H8Cl2FN3/c14-7-2-3-8(15)12(17)11(7)13-18-9-4-1-6(16)5-10(9)19-13/h1-5H,17H2,(H,18,19). The normalized spacial score (nSPS) is 11.1. The summed E-state index contributed by atoms with van der Waals surface area (Å²) in [6, 6.07) is 7.55. The van der Waals surface area contributed by atoms with Gasteiger partial charge in [-0.15, -0.1) is 0 Å². The quantitative estimate of drug-likeness (QED) is 0.659. The number of nitrogens with zero attached hydrogens (tertiary/aromatic N) is 1. The molecule has 96 valence electrons. The maximum atomic E-state index is 13.2. The Morgan fingerprint density at radius 1 is 1.11 bits per heavy atom. The van der Waals surface area contributed by atoms with Crippen molar-refractivity contribution in [1.29, 1.82) is 0 Å². The van der Waals surface area contributed by atoms with Crippen LogP contribution in [0.2, 0.25) is 10.0 Å². The maximum absolute atomic E-state index is 13.2. The molecule has 2 aromatic carbocycles. The van der Waals surface area contributed by atoms with Crippen LogP contribution in [0.4, 0.5) is 10.1 Å². The first-order valence-corrected chi connectivity index (χ1v) is 6.21. The van der Waals surface area contributed by atoms with Crippen molar-refractivity contribution in [2.75, 3.05) is 5.73 Å². The smallest absolute Gasteiger partial charge is 0.142 e. The van der Waals surface area contributed by atoms with Crippen molar-refractivity contribution in [3.05, 3.63) is 46.2 Å². The number of H-pyrrole nitrogens is 1. The molecule has 3 aromatic rings. The van der Waals surface area contributed by atoms with Gasteiger partial charge in [-0.2, -0.15) is 0 Å². The van der Waals surface area contributed by atoms with E-state index in [-0.39, 0.29) is 5.82 Å². The highest BCUT2D eigenvalue weighted by Gasteiger charge is 2.14. The molecule has 0 saturated carbocycles. The Kier molecular flexibility index (Phi) is 2.84. The van der Waals surface area contributed by atoms with Crippen molar-refractivity contribution in [3.63, 3.8) is 0 Å². The fourth-order valence-corrected chi connectivity index (χ4v) is 2.32. The molecule has 0 aliphatic rings. The lowest BCUT2D eigenvalue weighted by Gasteiger charge is -2.06. The molecule has 0 aliphatic heterocycles. The number of hydrogen-bond donors (Lipinski definition) is 2. The van der Waals surface area contributed by atoms with Crippen LogP contribution < -0.4 is 5.73 Å². The highest BCUT2D eigenvalue weighted by Crippen LogP contribution is 2.36. The Hall–Kier alpha value is -1.78. The van der Waals surface area contributed by atoms with E-state index in [1.165, 1.54) is 12.1 Å². The SMILES string of the molecule is Nc1c(Cl)ccc(Cl)c1-c1nc2ccc(F)cc2[nH]1. The Labute approximate surface area is 118 Å². The van der Waals surface area contributed by atoms with E-state index in [0.29, 0.717) is 38.2 Å². The predicted octanol–water partition coefficient (Wildman–Crippen LogP) is 4.26. The van der Waals surface area contributed by atoms with Gasteiger partial charge < -0.3 is 10.7 Å². The second-order valence-electron chi connectivity index (χ2n) is 4.06. The molecule has 6 heteroatoms. The molecule has 0 aliphatic carbocycles. The molecule has 19 heavy (non-hydrogen) atoms. The molecule has 3 nitrogen and oxygen atoms in total. The summed E-state index contributed by atoms with van der Waals surface area (Å²) >= 11 is 12.1. The number of imidazole rings is 1. The number of anilines is 1. The Bertz CT molecular complexity index is 783. The van der Waals surface area contributed by atoms with Crippen LogP contribution in [0.3, 0.4) is 0 Å². The summed E-state index contributed by atoms with van der Waals surface area (Å²) in [5.41, 5.74) is 7.98. The molecule has 0 fully saturated rings. The number of nitrogens with one attached hydrogen (secondary N) is 1. The van der Waals surface area contributed by atoms with Crippen LogP contribution in [0.5, 0.6) is 0 Å². The molecule has 3 rings (SSSR count). The number of halogens is 3. The first kappa shape index (κ1) is 12.3. The van der Waals surface area contributed by atoms with Crippen molar-refractivity contribution in [2.24, 2.45) is 0 Å². The maximum Gasteiger partial charge on any atom is 0.142 e. The number of fused-ring (bicyclic) bond motifs is 1. The van der Waals surface area contributed by atoms with Gasteiger partial charge in [0.2, 0.25) is 0 Å². The molecule has 0 atom stereocenters. The lowest BCUT2D eigenvalue weighted by molar-refractivity contribution is 0.629. The third kappa shape index (κ3) is 2.03. The van der Waals surface area contributed by atoms with Gasteiger partial charge >= 0.3 is 0 Å². The summed E-state index contributed by atoms with van der Waals surface area (Å²) in [7, 11) is 0. The number of aromatic amines is 1. The topological polar surface area (TPSA) is 54.7 Å². The summed E-state index contributed by atoms with van der Waals surface area (Å²) in [5, 5.41) is 0.826. The second kappa shape index (κ2) is 4.40. The molecular formula is C13H8Cl2FN3. The molecule has 0 unspecified atom stereocenters. The minimum Gasteiger partial charge on any atom is -0.397 e. The van der Waals surface area contributed by atoms with Crippen molar-refractivity contribution >= 4 is 39.9 Å². The number of aromatic nitrogens is 2. The van der Waals surface area contributed by atoms with Crippen LogP contribution in [0, 0.1) is 5.82 Å². The van der Waals surface area contributed by atoms with Crippen LogP contribution in [0.1, 0.15) is 0 Å². The predicted molar refractivity (Wildman–Crippen MR) is 75.9 cm³/mol. The zero-order valence-electron chi connectivity index (χ0n) is 9.55. The lowest BCUT2D eigenvalue weighted by atomic mass is 10.1. The summed E-state index contributed by atoms with van der Waals surface area (Å²) in [6.45, 7) is 0. The molecule has 1 aromatic heterocycles. The monoisotopic (exact) mass is 295 g/mol. The summed E-state index contributed by atoms with van der Waals surface area (Å²) in [5.74, 6) is 0.124. The van der Waals surface area contributed by atoms with Crippen LogP contribution in [-0.4, -0.2) is 9.97 Å². The third-order valence-electron chi connectivity index (χ3n) is 2.82. The second-order valence-corrected chi connectivity index (χ2v) is 4.88. The third-order valence-corrected chi connectivity index (χ3v) is 3.47. The van der Waals surface area contributed by atoms with Crippen LogP contribution in [0.25, 0.3) is 22.4 Å². The minimum absolute atomic E-state index is 0.340. The Balaban J connectivity index is 2.27. The first-order chi connectivity index (χ1) is 9.06. The fourth-order valence-electron chi connectivity index (χ4n) is 1.91. The van der Waals surface area contributed by atoms with Gasteiger partial charge in [-0.05, 0) is 30.3 Å². The van der Waals surface area contributed by atoms with Gasteiger partial charge in [-0.25, -0.2) is 9.37 Å². The van der Waals surface area contributed by atoms with Gasteiger partial charge in [0, 0.05) is 0 Å². The number of benzene rings is 2. The van der Waals surface area contributed by atoms with E-state index >= 15 is 0 Å². The zero-order valence-corrected chi connectivity index (χ0v) is 11.1. The minimum atomic E-state index is -0.340. The van der Waals surface area contributed by atoms with Crippen molar-refractivity contribution < 1.29 is 4.39 Å². The average molecular weight is 296 g/mol. The lowest BCUT2D eigenvalue weighted by Crippen LogP contribution is -1.93. The molecule has 0 bridgehead atoms. The van der Waals surface area contributed by atoms with E-state index in [1.807, 2.05) is 0 Å². The van der Waals surface area contributed by atoms with E-state index in [1.54, 1.807) is 18.2 Å². The fraction of sp³-hybridized carbons (Fsp3) is 0. The van der Waals surface area contributed by atoms with Crippen LogP contribution in [-0.2, 0) is 0 Å². The number of rotatable bonds is 1. The summed E-state index contributed by atoms with van der Waals surface area (Å²) in [4.78, 5) is 7.33. The molecule has 0 spiro atoms. The number of nitrogen functional groups attached to an aromatic ring is 1. The van der Waals surface area contributed by atoms with E-state index in [9.17, 15) is 4.39 Å². The molecule has 1 heterocycles. The van der Waals surface area contributed by atoms with Crippen LogP contribution >= 0.6 is 23.2 Å². The highest BCUT2D eigenvalue weighted by molar-refractivity contribution is 6.37. The highest BCUT2D eigenvalue weighted by atomic mass is 35.5. The zero-order chi connectivity index (χ0) is 13.6. The van der Waals surface area contributed by atoms with Crippen molar-refractivity contribution in [1.82, 2.24) is 9.97 Å². The number of hydrogen-bond acceptors (Lipinski definition) is 2. The first-order valence-electron chi connectivity index (χ1n) is 5.45. The van der Waals surface area contributed by atoms with E-state index in [4.69, 9.17) is 28.9 Å². The van der Waals surface area contributed by atoms with Crippen LogP contribution in [0.15, 0.2) is 30.3 Å². The molecule has 0 saturated heterocycles.